The van der Waals surface area contributed by atoms with Gasteiger partial charge in [0, 0.05) is 25.4 Å². The van der Waals surface area contributed by atoms with Crippen LogP contribution in [0.15, 0.2) is 0 Å². The molecule has 0 aromatic heterocycles. The van der Waals surface area contributed by atoms with Crippen LogP contribution in [-0.4, -0.2) is 56.7 Å². The third-order valence-corrected chi connectivity index (χ3v) is 5.70. The van der Waals surface area contributed by atoms with Crippen molar-refractivity contribution in [1.82, 2.24) is 9.62 Å². The van der Waals surface area contributed by atoms with Crippen LogP contribution in [0.2, 0.25) is 0 Å². The van der Waals surface area contributed by atoms with Gasteiger partial charge in [-0.2, -0.15) is 11.8 Å². The zero-order valence-electron chi connectivity index (χ0n) is 10.8. The molecule has 1 aliphatic rings. The molecular formula is C11H24N2O2S2. The van der Waals surface area contributed by atoms with Crippen LogP contribution in [0.3, 0.4) is 0 Å². The van der Waals surface area contributed by atoms with E-state index >= 15 is 0 Å². The van der Waals surface area contributed by atoms with Crippen molar-refractivity contribution < 1.29 is 8.42 Å². The number of nitrogens with zero attached hydrogens (tertiary/aromatic N) is 1. The van der Waals surface area contributed by atoms with Gasteiger partial charge in [-0.1, -0.05) is 6.42 Å². The highest BCUT2D eigenvalue weighted by molar-refractivity contribution is 7.98. The maximum atomic E-state index is 12.0. The lowest BCUT2D eigenvalue weighted by Gasteiger charge is -2.24. The molecule has 17 heavy (non-hydrogen) atoms. The molecule has 1 saturated heterocycles. The number of rotatable bonds is 7. The van der Waals surface area contributed by atoms with Gasteiger partial charge in [-0.15, -0.1) is 0 Å². The van der Waals surface area contributed by atoms with Crippen LogP contribution < -0.4 is 5.32 Å². The second-order valence-electron chi connectivity index (χ2n) is 4.57. The molecule has 0 aromatic carbocycles. The van der Waals surface area contributed by atoms with Crippen molar-refractivity contribution in [3.8, 4) is 0 Å². The van der Waals surface area contributed by atoms with E-state index in [4.69, 9.17) is 0 Å². The zero-order valence-corrected chi connectivity index (χ0v) is 12.4. The maximum absolute atomic E-state index is 12.0. The first-order valence-electron chi connectivity index (χ1n) is 6.22. The normalized spacial score (nSPS) is 21.9. The standard InChI is InChI=1S/C11H24N2O2S2/c1-13(8-9-16-2)17(14,15)10-6-11-5-3-4-7-12-11/h11-12H,3-10H2,1-2H3. The number of piperidine rings is 1. The minimum Gasteiger partial charge on any atom is -0.314 e. The van der Waals surface area contributed by atoms with E-state index in [0.717, 1.165) is 25.1 Å². The highest BCUT2D eigenvalue weighted by Crippen LogP contribution is 2.12. The molecule has 1 rings (SSSR count). The molecule has 0 bridgehead atoms. The Morgan fingerprint density at radius 3 is 2.76 bits per heavy atom. The van der Waals surface area contributed by atoms with Gasteiger partial charge in [-0.3, -0.25) is 0 Å². The third kappa shape index (κ3) is 5.59. The van der Waals surface area contributed by atoms with E-state index in [1.165, 1.54) is 17.1 Å². The van der Waals surface area contributed by atoms with Crippen molar-refractivity contribution in [3.05, 3.63) is 0 Å². The van der Waals surface area contributed by atoms with E-state index in [0.29, 0.717) is 12.6 Å². The first-order chi connectivity index (χ1) is 8.06. The molecule has 0 aromatic rings. The van der Waals surface area contributed by atoms with Crippen molar-refractivity contribution >= 4 is 21.8 Å². The predicted molar refractivity (Wildman–Crippen MR) is 75.1 cm³/mol. The molecule has 0 radical (unpaired) electrons. The monoisotopic (exact) mass is 280 g/mol. The quantitative estimate of drug-likeness (QED) is 0.760. The van der Waals surface area contributed by atoms with Gasteiger partial charge in [0.15, 0.2) is 0 Å². The summed E-state index contributed by atoms with van der Waals surface area (Å²) in [5, 5.41) is 3.39. The van der Waals surface area contributed by atoms with Crippen LogP contribution in [0.1, 0.15) is 25.7 Å². The Hall–Kier alpha value is 0.220. The summed E-state index contributed by atoms with van der Waals surface area (Å²) in [4.78, 5) is 0. The van der Waals surface area contributed by atoms with E-state index in [1.54, 1.807) is 18.8 Å². The fourth-order valence-corrected chi connectivity index (χ4v) is 3.81. The van der Waals surface area contributed by atoms with Gasteiger partial charge in [0.2, 0.25) is 10.0 Å². The van der Waals surface area contributed by atoms with E-state index in [1.807, 2.05) is 6.26 Å². The van der Waals surface area contributed by atoms with Gasteiger partial charge in [0.25, 0.3) is 0 Å². The van der Waals surface area contributed by atoms with Crippen molar-refractivity contribution in [1.29, 1.82) is 0 Å². The molecule has 1 atom stereocenters. The molecule has 6 heteroatoms. The van der Waals surface area contributed by atoms with E-state index in [9.17, 15) is 8.42 Å². The first-order valence-corrected chi connectivity index (χ1v) is 9.23. The van der Waals surface area contributed by atoms with Crippen molar-refractivity contribution in [3.63, 3.8) is 0 Å². The Morgan fingerprint density at radius 1 is 1.41 bits per heavy atom. The Kier molecular flexibility index (Phi) is 6.84. The van der Waals surface area contributed by atoms with Crippen molar-refractivity contribution in [2.24, 2.45) is 0 Å². The summed E-state index contributed by atoms with van der Waals surface area (Å²) in [5.74, 6) is 1.13. The van der Waals surface area contributed by atoms with Gasteiger partial charge in [-0.25, -0.2) is 12.7 Å². The van der Waals surface area contributed by atoms with Gasteiger partial charge in [-0.05, 0) is 32.1 Å². The Bertz CT molecular complexity index is 301. The molecule has 1 N–H and O–H groups in total. The topological polar surface area (TPSA) is 49.4 Å². The second-order valence-corrected chi connectivity index (χ2v) is 7.75. The average Bonchev–Trinajstić information content (AvgIpc) is 2.35. The highest BCUT2D eigenvalue weighted by atomic mass is 32.2. The summed E-state index contributed by atoms with van der Waals surface area (Å²) in [6.07, 6.45) is 6.29. The smallest absolute Gasteiger partial charge is 0.213 e. The van der Waals surface area contributed by atoms with Gasteiger partial charge >= 0.3 is 0 Å². The number of sulfonamides is 1. The van der Waals surface area contributed by atoms with E-state index in [-0.39, 0.29) is 5.75 Å². The molecule has 102 valence electrons. The summed E-state index contributed by atoms with van der Waals surface area (Å²) in [6, 6.07) is 0.396. The molecule has 1 heterocycles. The molecule has 1 unspecified atom stereocenters. The van der Waals surface area contributed by atoms with Crippen LogP contribution in [0.5, 0.6) is 0 Å². The van der Waals surface area contributed by atoms with Crippen LogP contribution in [0.25, 0.3) is 0 Å². The molecular weight excluding hydrogens is 256 g/mol. The SMILES string of the molecule is CSCCN(C)S(=O)(=O)CCC1CCCCN1. The van der Waals surface area contributed by atoms with Crippen LogP contribution in [0.4, 0.5) is 0 Å². The van der Waals surface area contributed by atoms with Crippen LogP contribution >= 0.6 is 11.8 Å². The second kappa shape index (κ2) is 7.61. The lowest BCUT2D eigenvalue weighted by molar-refractivity contribution is 0.389. The van der Waals surface area contributed by atoms with Crippen LogP contribution in [0, 0.1) is 0 Å². The summed E-state index contributed by atoms with van der Waals surface area (Å²) in [7, 11) is -1.37. The third-order valence-electron chi connectivity index (χ3n) is 3.22. The van der Waals surface area contributed by atoms with Gasteiger partial charge in [0.05, 0.1) is 5.75 Å². The van der Waals surface area contributed by atoms with Crippen molar-refractivity contribution in [2.45, 2.75) is 31.7 Å². The summed E-state index contributed by atoms with van der Waals surface area (Å²) in [6.45, 7) is 1.65. The minimum atomic E-state index is -3.05. The Morgan fingerprint density at radius 2 is 2.18 bits per heavy atom. The fraction of sp³-hybridized carbons (Fsp3) is 1.00. The Labute approximate surface area is 110 Å². The van der Waals surface area contributed by atoms with Gasteiger partial charge < -0.3 is 5.32 Å². The molecule has 0 spiro atoms. The predicted octanol–water partition coefficient (Wildman–Crippen LogP) is 1.14. The minimum absolute atomic E-state index is 0.273. The Balaban J connectivity index is 2.32. The largest absolute Gasteiger partial charge is 0.314 e. The number of hydrogen-bond donors (Lipinski definition) is 1. The summed E-state index contributed by atoms with van der Waals surface area (Å²) in [5.41, 5.74) is 0. The van der Waals surface area contributed by atoms with Gasteiger partial charge in [0.1, 0.15) is 0 Å². The molecule has 0 aliphatic carbocycles. The number of thioether (sulfide) groups is 1. The highest BCUT2D eigenvalue weighted by Gasteiger charge is 2.20. The number of nitrogens with one attached hydrogen (secondary N) is 1. The molecule has 4 nitrogen and oxygen atoms in total. The first kappa shape index (κ1) is 15.3. The van der Waals surface area contributed by atoms with Crippen LogP contribution in [-0.2, 0) is 10.0 Å². The molecule has 1 aliphatic heterocycles. The fourth-order valence-electron chi connectivity index (χ4n) is 1.98. The lowest BCUT2D eigenvalue weighted by atomic mass is 10.0. The average molecular weight is 280 g/mol. The van der Waals surface area contributed by atoms with E-state index in [2.05, 4.69) is 5.32 Å². The summed E-state index contributed by atoms with van der Waals surface area (Å²) < 4.78 is 25.4. The van der Waals surface area contributed by atoms with Crippen molar-refractivity contribution in [2.75, 3.05) is 37.9 Å². The van der Waals surface area contributed by atoms with E-state index < -0.39 is 10.0 Å². The zero-order chi connectivity index (χ0) is 12.7. The molecule has 0 saturated carbocycles. The summed E-state index contributed by atoms with van der Waals surface area (Å²) >= 11 is 1.67. The maximum Gasteiger partial charge on any atom is 0.213 e. The number of hydrogen-bond acceptors (Lipinski definition) is 4. The molecule has 1 fully saturated rings. The molecule has 0 amide bonds. The lowest BCUT2D eigenvalue weighted by Crippen LogP contribution is -2.38.